The van der Waals surface area contributed by atoms with Crippen LogP contribution in [0.5, 0.6) is 0 Å². The minimum absolute atomic E-state index is 0.297. The molecule has 1 amide bonds. The third-order valence-electron chi connectivity index (χ3n) is 2.38. The van der Waals surface area contributed by atoms with Crippen LogP contribution in [0.15, 0.2) is 17.0 Å². The lowest BCUT2D eigenvalue weighted by Crippen LogP contribution is -2.53. The van der Waals surface area contributed by atoms with E-state index >= 15 is 0 Å². The molecule has 2 heterocycles. The molecule has 1 aliphatic heterocycles. The lowest BCUT2D eigenvalue weighted by atomic mass is 10.2. The average Bonchev–Trinajstić information content (AvgIpc) is 2.29. The van der Waals surface area contributed by atoms with Crippen molar-refractivity contribution in [1.82, 2.24) is 9.97 Å². The number of hydrogen-bond acceptors (Lipinski definition) is 5. The number of morpholine rings is 1. The molecule has 0 aromatic carbocycles. The van der Waals surface area contributed by atoms with Gasteiger partial charge in [0.2, 0.25) is 5.91 Å². The number of carbonyl (C=O) groups is 1. The molecule has 0 spiro atoms. The minimum atomic E-state index is -0.472. The van der Waals surface area contributed by atoms with E-state index in [9.17, 15) is 4.79 Å². The maximum absolute atomic E-state index is 11.3. The molecule has 0 bridgehead atoms. The van der Waals surface area contributed by atoms with E-state index in [-0.39, 0.29) is 0 Å². The Morgan fingerprint density at radius 1 is 1.69 bits per heavy atom. The predicted octanol–water partition coefficient (Wildman–Crippen LogP) is -0.0704. The average molecular weight is 287 g/mol. The highest BCUT2D eigenvalue weighted by atomic mass is 79.9. The van der Waals surface area contributed by atoms with Crippen LogP contribution < -0.4 is 10.6 Å². The van der Waals surface area contributed by atoms with Crippen LogP contribution in [-0.2, 0) is 9.53 Å². The van der Waals surface area contributed by atoms with Gasteiger partial charge in [0.05, 0.1) is 17.7 Å². The Balaban J connectivity index is 2.30. The Hall–Kier alpha value is -1.21. The van der Waals surface area contributed by atoms with Gasteiger partial charge in [-0.2, -0.15) is 0 Å². The minimum Gasteiger partial charge on any atom is -0.377 e. The number of halogens is 1. The molecule has 0 saturated carbocycles. The second-order valence-electron chi connectivity index (χ2n) is 3.38. The van der Waals surface area contributed by atoms with Crippen LogP contribution >= 0.6 is 15.9 Å². The van der Waals surface area contributed by atoms with Gasteiger partial charge in [-0.25, -0.2) is 9.97 Å². The van der Waals surface area contributed by atoms with Gasteiger partial charge < -0.3 is 15.4 Å². The van der Waals surface area contributed by atoms with Crippen molar-refractivity contribution in [3.8, 4) is 0 Å². The number of rotatable bonds is 2. The number of hydrogen-bond donors (Lipinski definition) is 1. The van der Waals surface area contributed by atoms with E-state index in [1.165, 1.54) is 6.33 Å². The van der Waals surface area contributed by atoms with Crippen molar-refractivity contribution in [2.45, 2.75) is 6.04 Å². The number of anilines is 1. The molecular formula is C9H11BrN4O2. The SMILES string of the molecule is NC(=O)C1COCCN1c1ncncc1Br. The molecule has 1 saturated heterocycles. The third kappa shape index (κ3) is 2.14. The predicted molar refractivity (Wildman–Crippen MR) is 60.9 cm³/mol. The summed E-state index contributed by atoms with van der Waals surface area (Å²) < 4.78 is 5.97. The zero-order valence-electron chi connectivity index (χ0n) is 8.47. The summed E-state index contributed by atoms with van der Waals surface area (Å²) in [6.45, 7) is 1.44. The number of ether oxygens (including phenoxy) is 1. The summed E-state index contributed by atoms with van der Waals surface area (Å²) in [6.07, 6.45) is 3.07. The fourth-order valence-corrected chi connectivity index (χ4v) is 2.06. The molecule has 1 aliphatic rings. The first-order valence-electron chi connectivity index (χ1n) is 4.79. The second kappa shape index (κ2) is 4.75. The standard InChI is InChI=1S/C9H11BrN4O2/c10-6-3-12-5-13-9(6)14-1-2-16-4-7(14)8(11)15/h3,5,7H,1-2,4H2,(H2,11,15). The number of nitrogens with two attached hydrogens (primary N) is 1. The van der Waals surface area contributed by atoms with Crippen molar-refractivity contribution >= 4 is 27.7 Å². The molecule has 7 heteroatoms. The van der Waals surface area contributed by atoms with Crippen LogP contribution in [0.25, 0.3) is 0 Å². The molecule has 1 atom stereocenters. The lowest BCUT2D eigenvalue weighted by molar-refractivity contribution is -0.121. The van der Waals surface area contributed by atoms with Crippen LogP contribution in [-0.4, -0.2) is 41.7 Å². The number of amides is 1. The second-order valence-corrected chi connectivity index (χ2v) is 4.24. The van der Waals surface area contributed by atoms with E-state index in [0.29, 0.717) is 25.6 Å². The van der Waals surface area contributed by atoms with Gasteiger partial charge in [0.15, 0.2) is 0 Å². The first-order valence-corrected chi connectivity index (χ1v) is 5.58. The highest BCUT2D eigenvalue weighted by Crippen LogP contribution is 2.25. The maximum Gasteiger partial charge on any atom is 0.242 e. The van der Waals surface area contributed by atoms with Gasteiger partial charge in [0.25, 0.3) is 0 Å². The Kier molecular flexibility index (Phi) is 3.35. The monoisotopic (exact) mass is 286 g/mol. The fraction of sp³-hybridized carbons (Fsp3) is 0.444. The van der Waals surface area contributed by atoms with Gasteiger partial charge in [-0.1, -0.05) is 0 Å². The smallest absolute Gasteiger partial charge is 0.242 e. The van der Waals surface area contributed by atoms with Gasteiger partial charge in [0, 0.05) is 12.7 Å². The number of aromatic nitrogens is 2. The molecule has 1 fully saturated rings. The number of primary amides is 1. The van der Waals surface area contributed by atoms with Gasteiger partial charge in [-0.15, -0.1) is 0 Å². The van der Waals surface area contributed by atoms with E-state index < -0.39 is 11.9 Å². The molecule has 6 nitrogen and oxygen atoms in total. The van der Waals surface area contributed by atoms with Gasteiger partial charge in [0.1, 0.15) is 18.2 Å². The number of nitrogens with zero attached hydrogens (tertiary/aromatic N) is 3. The van der Waals surface area contributed by atoms with E-state index in [1.807, 2.05) is 4.90 Å². The fourth-order valence-electron chi connectivity index (χ4n) is 1.61. The third-order valence-corrected chi connectivity index (χ3v) is 2.94. The highest BCUT2D eigenvalue weighted by molar-refractivity contribution is 9.10. The lowest BCUT2D eigenvalue weighted by Gasteiger charge is -2.34. The first kappa shape index (κ1) is 11.3. The van der Waals surface area contributed by atoms with Gasteiger partial charge in [-0.3, -0.25) is 4.79 Å². The Morgan fingerprint density at radius 2 is 2.50 bits per heavy atom. The molecule has 2 rings (SSSR count). The van der Waals surface area contributed by atoms with Crippen LogP contribution in [0.1, 0.15) is 0 Å². The summed E-state index contributed by atoms with van der Waals surface area (Å²) in [6, 6.07) is -0.472. The van der Waals surface area contributed by atoms with Crippen LogP contribution in [0, 0.1) is 0 Å². The Labute approximate surface area is 101 Å². The summed E-state index contributed by atoms with van der Waals surface area (Å²) >= 11 is 3.35. The maximum atomic E-state index is 11.3. The van der Waals surface area contributed by atoms with Crippen molar-refractivity contribution in [2.24, 2.45) is 5.73 Å². The summed E-state index contributed by atoms with van der Waals surface area (Å²) in [4.78, 5) is 21.1. The summed E-state index contributed by atoms with van der Waals surface area (Å²) in [5, 5.41) is 0. The topological polar surface area (TPSA) is 81.3 Å². The van der Waals surface area contributed by atoms with Crippen LogP contribution in [0.3, 0.4) is 0 Å². The first-order chi connectivity index (χ1) is 7.70. The van der Waals surface area contributed by atoms with E-state index in [2.05, 4.69) is 25.9 Å². The largest absolute Gasteiger partial charge is 0.377 e. The molecule has 2 N–H and O–H groups in total. The van der Waals surface area contributed by atoms with Crippen molar-refractivity contribution < 1.29 is 9.53 Å². The van der Waals surface area contributed by atoms with Crippen molar-refractivity contribution in [2.75, 3.05) is 24.7 Å². The molecular weight excluding hydrogens is 276 g/mol. The van der Waals surface area contributed by atoms with Crippen molar-refractivity contribution in [3.05, 3.63) is 17.0 Å². The van der Waals surface area contributed by atoms with E-state index in [1.54, 1.807) is 6.20 Å². The van der Waals surface area contributed by atoms with Crippen molar-refractivity contribution in [3.63, 3.8) is 0 Å². The molecule has 0 radical (unpaired) electrons. The zero-order valence-corrected chi connectivity index (χ0v) is 10.1. The quantitative estimate of drug-likeness (QED) is 0.823. The zero-order chi connectivity index (χ0) is 11.5. The molecule has 86 valence electrons. The molecule has 1 unspecified atom stereocenters. The summed E-state index contributed by atoms with van der Waals surface area (Å²) in [5.41, 5.74) is 5.33. The number of carbonyl (C=O) groups excluding carboxylic acids is 1. The Morgan fingerprint density at radius 3 is 3.19 bits per heavy atom. The molecule has 1 aromatic rings. The molecule has 0 aliphatic carbocycles. The highest BCUT2D eigenvalue weighted by Gasteiger charge is 2.29. The van der Waals surface area contributed by atoms with E-state index in [4.69, 9.17) is 10.5 Å². The van der Waals surface area contributed by atoms with Crippen LogP contribution in [0.4, 0.5) is 5.82 Å². The van der Waals surface area contributed by atoms with Crippen molar-refractivity contribution in [1.29, 1.82) is 0 Å². The van der Waals surface area contributed by atoms with Gasteiger partial charge >= 0.3 is 0 Å². The summed E-state index contributed by atoms with van der Waals surface area (Å²) in [7, 11) is 0. The van der Waals surface area contributed by atoms with Crippen LogP contribution in [0.2, 0.25) is 0 Å². The summed E-state index contributed by atoms with van der Waals surface area (Å²) in [5.74, 6) is 0.257. The van der Waals surface area contributed by atoms with Gasteiger partial charge in [-0.05, 0) is 15.9 Å². The molecule has 16 heavy (non-hydrogen) atoms. The molecule has 1 aromatic heterocycles. The van der Waals surface area contributed by atoms with E-state index in [0.717, 1.165) is 4.47 Å². The Bertz CT molecular complexity index is 401. The normalized spacial score (nSPS) is 20.8.